The van der Waals surface area contributed by atoms with E-state index in [0.29, 0.717) is 18.8 Å². The Bertz CT molecular complexity index is 485. The summed E-state index contributed by atoms with van der Waals surface area (Å²) < 4.78 is 27.8. The van der Waals surface area contributed by atoms with E-state index < -0.39 is 9.84 Å². The molecule has 1 rings (SSSR count). The van der Waals surface area contributed by atoms with Crippen LogP contribution in [0.3, 0.4) is 0 Å². The van der Waals surface area contributed by atoms with Crippen LogP contribution >= 0.6 is 0 Å². The van der Waals surface area contributed by atoms with Gasteiger partial charge < -0.3 is 4.74 Å². The van der Waals surface area contributed by atoms with Crippen LogP contribution < -0.4 is 4.74 Å². The highest BCUT2D eigenvalue weighted by molar-refractivity contribution is 7.90. The molecule has 0 heterocycles. The number of sulfone groups is 1. The van der Waals surface area contributed by atoms with Crippen molar-refractivity contribution in [1.29, 1.82) is 5.26 Å². The molecule has 0 fully saturated rings. The monoisotopic (exact) mass is 253 g/mol. The van der Waals surface area contributed by atoms with Crippen molar-refractivity contribution in [3.8, 4) is 11.8 Å². The molecule has 0 spiro atoms. The summed E-state index contributed by atoms with van der Waals surface area (Å²) in [5, 5.41) is 8.34. The van der Waals surface area contributed by atoms with Gasteiger partial charge in [-0.1, -0.05) is 0 Å². The molecule has 0 saturated heterocycles. The van der Waals surface area contributed by atoms with Crippen LogP contribution in [0.25, 0.3) is 0 Å². The van der Waals surface area contributed by atoms with Crippen molar-refractivity contribution in [2.75, 3.05) is 12.9 Å². The molecular weight excluding hydrogens is 238 g/mol. The summed E-state index contributed by atoms with van der Waals surface area (Å²) in [4.78, 5) is 0.286. The van der Waals surface area contributed by atoms with Gasteiger partial charge in [-0.3, -0.25) is 0 Å². The number of nitriles is 1. The highest BCUT2D eigenvalue weighted by Crippen LogP contribution is 2.16. The summed E-state index contributed by atoms with van der Waals surface area (Å²) in [6.07, 6.45) is 3.35. The van der Waals surface area contributed by atoms with E-state index in [4.69, 9.17) is 10.00 Å². The van der Waals surface area contributed by atoms with Crippen LogP contribution in [0.1, 0.15) is 19.3 Å². The molecule has 4 nitrogen and oxygen atoms in total. The Morgan fingerprint density at radius 1 is 1.24 bits per heavy atom. The van der Waals surface area contributed by atoms with Crippen LogP contribution in [0.4, 0.5) is 0 Å². The van der Waals surface area contributed by atoms with E-state index in [-0.39, 0.29) is 4.90 Å². The SMILES string of the molecule is CS(=O)(=O)c1ccc(OCCCCC#N)cc1. The molecule has 0 unspecified atom stereocenters. The van der Waals surface area contributed by atoms with Gasteiger partial charge in [0.1, 0.15) is 5.75 Å². The van der Waals surface area contributed by atoms with Crippen molar-refractivity contribution < 1.29 is 13.2 Å². The normalized spacial score (nSPS) is 10.8. The Morgan fingerprint density at radius 3 is 2.41 bits per heavy atom. The topological polar surface area (TPSA) is 67.2 Å². The first-order valence-corrected chi connectivity index (χ1v) is 7.23. The summed E-state index contributed by atoms with van der Waals surface area (Å²) >= 11 is 0. The first-order valence-electron chi connectivity index (χ1n) is 5.34. The second-order valence-electron chi connectivity index (χ2n) is 3.71. The Hall–Kier alpha value is -1.54. The van der Waals surface area contributed by atoms with E-state index in [2.05, 4.69) is 6.07 Å². The van der Waals surface area contributed by atoms with Crippen molar-refractivity contribution in [3.05, 3.63) is 24.3 Å². The molecule has 92 valence electrons. The van der Waals surface area contributed by atoms with Gasteiger partial charge in [-0.05, 0) is 37.1 Å². The predicted octanol–water partition coefficient (Wildman–Crippen LogP) is 2.16. The zero-order valence-electron chi connectivity index (χ0n) is 9.72. The first kappa shape index (κ1) is 13.5. The molecule has 0 aliphatic carbocycles. The molecule has 1 aromatic rings. The Morgan fingerprint density at radius 2 is 1.88 bits per heavy atom. The zero-order valence-corrected chi connectivity index (χ0v) is 10.5. The lowest BCUT2D eigenvalue weighted by Gasteiger charge is -2.05. The van der Waals surface area contributed by atoms with Gasteiger partial charge >= 0.3 is 0 Å². The van der Waals surface area contributed by atoms with Crippen LogP contribution in [0.2, 0.25) is 0 Å². The lowest BCUT2D eigenvalue weighted by molar-refractivity contribution is 0.307. The van der Waals surface area contributed by atoms with Crippen molar-refractivity contribution in [2.45, 2.75) is 24.2 Å². The average Bonchev–Trinajstić information content (AvgIpc) is 2.28. The average molecular weight is 253 g/mol. The first-order chi connectivity index (χ1) is 8.04. The summed E-state index contributed by atoms with van der Waals surface area (Å²) in [5.74, 6) is 0.648. The number of nitrogens with zero attached hydrogens (tertiary/aromatic N) is 1. The third kappa shape index (κ3) is 4.87. The fraction of sp³-hybridized carbons (Fsp3) is 0.417. The quantitative estimate of drug-likeness (QED) is 0.729. The maximum atomic E-state index is 11.2. The molecule has 0 aromatic heterocycles. The molecule has 0 N–H and O–H groups in total. The zero-order chi connectivity index (χ0) is 12.7. The molecule has 0 aliphatic rings. The van der Waals surface area contributed by atoms with Crippen LogP contribution in [-0.2, 0) is 9.84 Å². The molecule has 1 aromatic carbocycles. The predicted molar refractivity (Wildman–Crippen MR) is 64.5 cm³/mol. The molecule has 5 heteroatoms. The van der Waals surface area contributed by atoms with E-state index in [0.717, 1.165) is 12.8 Å². The maximum absolute atomic E-state index is 11.2. The minimum atomic E-state index is -3.14. The van der Waals surface area contributed by atoms with Gasteiger partial charge in [0.25, 0.3) is 0 Å². The Labute approximate surface area is 102 Å². The maximum Gasteiger partial charge on any atom is 0.175 e. The summed E-state index contributed by atoms with van der Waals surface area (Å²) in [7, 11) is -3.14. The van der Waals surface area contributed by atoms with Gasteiger partial charge in [0.05, 0.1) is 17.6 Å². The number of unbranched alkanes of at least 4 members (excludes halogenated alkanes) is 2. The number of hydrogen-bond acceptors (Lipinski definition) is 4. The Kier molecular flexibility index (Phi) is 4.98. The van der Waals surface area contributed by atoms with Crippen LogP contribution in [0.15, 0.2) is 29.2 Å². The standard InChI is InChI=1S/C12H15NO3S/c1-17(14,15)12-7-5-11(6-8-12)16-10-4-2-3-9-13/h5-8H,2-4,10H2,1H3. The molecule has 0 saturated carbocycles. The third-order valence-electron chi connectivity index (χ3n) is 2.20. The minimum absolute atomic E-state index is 0.286. The highest BCUT2D eigenvalue weighted by atomic mass is 32.2. The summed E-state index contributed by atoms with van der Waals surface area (Å²) in [6.45, 7) is 0.542. The van der Waals surface area contributed by atoms with E-state index in [1.807, 2.05) is 0 Å². The highest BCUT2D eigenvalue weighted by Gasteiger charge is 2.06. The van der Waals surface area contributed by atoms with E-state index in [9.17, 15) is 8.42 Å². The number of benzene rings is 1. The van der Waals surface area contributed by atoms with Crippen LogP contribution in [0, 0.1) is 11.3 Å². The largest absolute Gasteiger partial charge is 0.494 e. The van der Waals surface area contributed by atoms with Gasteiger partial charge in [-0.25, -0.2) is 8.42 Å². The van der Waals surface area contributed by atoms with Gasteiger partial charge in [0.15, 0.2) is 9.84 Å². The lowest BCUT2D eigenvalue weighted by Crippen LogP contribution is -1.99. The summed E-state index contributed by atoms with van der Waals surface area (Å²) in [6, 6.07) is 8.40. The molecule has 0 amide bonds. The summed E-state index contributed by atoms with van der Waals surface area (Å²) in [5.41, 5.74) is 0. The van der Waals surface area contributed by atoms with Crippen molar-refractivity contribution in [2.24, 2.45) is 0 Å². The molecular formula is C12H15NO3S. The third-order valence-corrected chi connectivity index (χ3v) is 3.33. The molecule has 17 heavy (non-hydrogen) atoms. The number of ether oxygens (including phenoxy) is 1. The molecule has 0 radical (unpaired) electrons. The fourth-order valence-electron chi connectivity index (χ4n) is 1.28. The van der Waals surface area contributed by atoms with Crippen LogP contribution in [0.5, 0.6) is 5.75 Å². The van der Waals surface area contributed by atoms with Crippen molar-refractivity contribution in [1.82, 2.24) is 0 Å². The second kappa shape index (κ2) is 6.26. The fourth-order valence-corrected chi connectivity index (χ4v) is 1.91. The van der Waals surface area contributed by atoms with Gasteiger partial charge in [0.2, 0.25) is 0 Å². The van der Waals surface area contributed by atoms with Gasteiger partial charge in [-0.2, -0.15) is 5.26 Å². The molecule has 0 aliphatic heterocycles. The van der Waals surface area contributed by atoms with Gasteiger partial charge in [-0.15, -0.1) is 0 Å². The second-order valence-corrected chi connectivity index (χ2v) is 5.72. The van der Waals surface area contributed by atoms with E-state index in [1.54, 1.807) is 12.1 Å². The van der Waals surface area contributed by atoms with Crippen LogP contribution in [-0.4, -0.2) is 21.3 Å². The van der Waals surface area contributed by atoms with E-state index in [1.165, 1.54) is 18.4 Å². The minimum Gasteiger partial charge on any atom is -0.494 e. The van der Waals surface area contributed by atoms with Crippen molar-refractivity contribution >= 4 is 9.84 Å². The lowest BCUT2D eigenvalue weighted by atomic mass is 10.2. The van der Waals surface area contributed by atoms with Crippen molar-refractivity contribution in [3.63, 3.8) is 0 Å². The number of hydrogen-bond donors (Lipinski definition) is 0. The Balaban J connectivity index is 2.44. The molecule has 0 bridgehead atoms. The number of rotatable bonds is 6. The smallest absolute Gasteiger partial charge is 0.175 e. The molecule has 0 atom stereocenters. The van der Waals surface area contributed by atoms with E-state index >= 15 is 0 Å². The van der Waals surface area contributed by atoms with Gasteiger partial charge in [0, 0.05) is 12.7 Å².